The van der Waals surface area contributed by atoms with Gasteiger partial charge >= 0.3 is 0 Å². The summed E-state index contributed by atoms with van der Waals surface area (Å²) in [5.41, 5.74) is 2.40. The molecule has 0 saturated heterocycles. The normalized spacial score (nSPS) is 5.00. The summed E-state index contributed by atoms with van der Waals surface area (Å²) in [4.78, 5) is 4.35. The summed E-state index contributed by atoms with van der Waals surface area (Å²) in [6.45, 7) is 18.0. The van der Waals surface area contributed by atoms with Gasteiger partial charge in [0, 0.05) is 7.05 Å². The maximum atomic E-state index is 4.35. The molecule has 0 aliphatic heterocycles. The Hall–Kier alpha value is -1.02. The lowest BCUT2D eigenvalue weighted by Gasteiger charge is -1.86. The largest absolute Gasteiger partial charge is 0.417 e. The van der Waals surface area contributed by atoms with Crippen LogP contribution in [-0.2, 0) is 4.84 Å². The van der Waals surface area contributed by atoms with Crippen molar-refractivity contribution in [2.45, 2.75) is 27.7 Å². The van der Waals surface area contributed by atoms with Gasteiger partial charge in [-0.3, -0.25) is 0 Å². The van der Waals surface area contributed by atoms with Gasteiger partial charge in [0.15, 0.2) is 0 Å². The molecule has 0 spiro atoms. The zero-order valence-corrected chi connectivity index (χ0v) is 9.76. The van der Waals surface area contributed by atoms with E-state index in [0.29, 0.717) is 0 Å². The molecule has 0 amide bonds. The smallest absolute Gasteiger partial charge is 0.104 e. The highest BCUT2D eigenvalue weighted by molar-refractivity contribution is 4.88. The van der Waals surface area contributed by atoms with E-state index in [-0.39, 0.29) is 0 Å². The first-order chi connectivity index (χ1) is 6.33. The van der Waals surface area contributed by atoms with Crippen LogP contribution in [0, 0.1) is 0 Å². The lowest BCUT2D eigenvalue weighted by molar-refractivity contribution is 0.159. The Balaban J connectivity index is -0.0000000457. The number of allylic oxidation sites excluding steroid dienone is 2. The Bertz CT molecular complexity index is 74.2. The van der Waals surface area contributed by atoms with Crippen molar-refractivity contribution >= 4 is 0 Å². The van der Waals surface area contributed by atoms with E-state index in [1.165, 1.54) is 6.26 Å². The fourth-order valence-electron chi connectivity index (χ4n) is 0.0833. The van der Waals surface area contributed by atoms with Crippen LogP contribution in [0.4, 0.5) is 0 Å². The topological polar surface area (TPSA) is 21.3 Å². The molecule has 0 aromatic carbocycles. The van der Waals surface area contributed by atoms with E-state index in [4.69, 9.17) is 0 Å². The van der Waals surface area contributed by atoms with Crippen molar-refractivity contribution in [1.29, 1.82) is 0 Å². The number of nitrogens with one attached hydrogen (secondary N) is 1. The van der Waals surface area contributed by atoms with Crippen molar-refractivity contribution in [1.82, 2.24) is 5.48 Å². The van der Waals surface area contributed by atoms with Gasteiger partial charge in [-0.25, -0.2) is 0 Å². The number of hydrogen-bond donors (Lipinski definition) is 1. The van der Waals surface area contributed by atoms with E-state index in [1.807, 2.05) is 27.7 Å². The van der Waals surface area contributed by atoms with Crippen LogP contribution in [0.3, 0.4) is 0 Å². The predicted octanol–water partition coefficient (Wildman–Crippen LogP) is 3.69. The molecule has 0 aliphatic carbocycles. The molecule has 0 atom stereocenters. The number of hydroxylamine groups is 1. The molecule has 0 bridgehead atoms. The molecule has 13 heavy (non-hydrogen) atoms. The van der Waals surface area contributed by atoms with Gasteiger partial charge in [0.1, 0.15) is 6.26 Å². The molecule has 80 valence electrons. The molecule has 0 aliphatic rings. The van der Waals surface area contributed by atoms with Crippen molar-refractivity contribution in [3.63, 3.8) is 0 Å². The summed E-state index contributed by atoms with van der Waals surface area (Å²) in [7, 11) is 1.67. The second kappa shape index (κ2) is 69.0. The molecule has 0 unspecified atom stereocenters. The minimum atomic E-state index is 1.32. The van der Waals surface area contributed by atoms with E-state index in [9.17, 15) is 0 Å². The molecule has 0 fully saturated rings. The van der Waals surface area contributed by atoms with Crippen LogP contribution >= 0.6 is 0 Å². The highest BCUT2D eigenvalue weighted by Crippen LogP contribution is 1.53. The van der Waals surface area contributed by atoms with E-state index >= 15 is 0 Å². The summed E-state index contributed by atoms with van der Waals surface area (Å²) in [5, 5.41) is 0. The van der Waals surface area contributed by atoms with Gasteiger partial charge in [-0.2, -0.15) is 5.48 Å². The van der Waals surface area contributed by atoms with Gasteiger partial charge in [-0.15, -0.1) is 0 Å². The number of hydrogen-bond acceptors (Lipinski definition) is 2. The van der Waals surface area contributed by atoms with E-state index in [0.717, 1.165) is 0 Å². The Morgan fingerprint density at radius 2 is 1.23 bits per heavy atom. The van der Waals surface area contributed by atoms with Crippen LogP contribution in [-0.4, -0.2) is 7.05 Å². The molecule has 0 aromatic heterocycles. The van der Waals surface area contributed by atoms with Gasteiger partial charge in [0.2, 0.25) is 0 Å². The predicted molar refractivity (Wildman–Crippen MR) is 63.4 cm³/mol. The first kappa shape index (κ1) is 22.7. The monoisotopic (exact) mass is 187 g/mol. The minimum Gasteiger partial charge on any atom is -0.417 e. The summed E-state index contributed by atoms with van der Waals surface area (Å²) >= 11 is 0. The third-order valence-corrected chi connectivity index (χ3v) is 0.368. The van der Waals surface area contributed by atoms with E-state index in [2.05, 4.69) is 30.1 Å². The lowest BCUT2D eigenvalue weighted by atomic mass is 10.6. The van der Waals surface area contributed by atoms with Gasteiger partial charge in [0.05, 0.1) is 0 Å². The average Bonchev–Trinajstić information content (AvgIpc) is 2.25. The molecule has 0 heterocycles. The minimum absolute atomic E-state index is 1.32. The highest BCUT2D eigenvalue weighted by atomic mass is 16.6. The fraction of sp³-hybridized carbons (Fsp3) is 0.455. The van der Waals surface area contributed by atoms with Crippen LogP contribution in [0.5, 0.6) is 0 Å². The molecule has 0 aromatic rings. The van der Waals surface area contributed by atoms with Crippen LogP contribution in [0.2, 0.25) is 0 Å². The maximum Gasteiger partial charge on any atom is 0.104 e. The summed E-state index contributed by atoms with van der Waals surface area (Å²) < 4.78 is 0. The fourth-order valence-corrected chi connectivity index (χ4v) is 0.0833. The van der Waals surface area contributed by atoms with Crippen LogP contribution < -0.4 is 5.48 Å². The lowest BCUT2D eigenvalue weighted by Crippen LogP contribution is -1.99. The Morgan fingerprint density at radius 3 is 1.23 bits per heavy atom. The van der Waals surface area contributed by atoms with Crippen molar-refractivity contribution in [2.75, 3.05) is 7.05 Å². The standard InChI is InChI=1S/C4H6.C3H7NO.2C2H6/c1-3-4-2;1-3-5-4-2;2*1-2/h3-4H,1-2H2;3-4H,1H2,2H3;2*1-2H3. The average molecular weight is 187 g/mol. The van der Waals surface area contributed by atoms with Crippen molar-refractivity contribution < 1.29 is 4.84 Å². The first-order valence-electron chi connectivity index (χ1n) is 4.50. The zero-order chi connectivity index (χ0) is 11.5. The Kier molecular flexibility index (Phi) is 120. The molecule has 1 N–H and O–H groups in total. The van der Waals surface area contributed by atoms with E-state index in [1.54, 1.807) is 19.2 Å². The molecule has 0 saturated carbocycles. The first-order valence-corrected chi connectivity index (χ1v) is 4.50. The van der Waals surface area contributed by atoms with Crippen LogP contribution in [0.25, 0.3) is 0 Å². The van der Waals surface area contributed by atoms with E-state index < -0.39 is 0 Å². The molecule has 2 nitrogen and oxygen atoms in total. The molecule has 0 radical (unpaired) electrons. The third kappa shape index (κ3) is 226. The van der Waals surface area contributed by atoms with Crippen molar-refractivity contribution in [2.24, 2.45) is 0 Å². The molecular formula is C11H25NO. The Morgan fingerprint density at radius 1 is 0.923 bits per heavy atom. The summed E-state index contributed by atoms with van der Waals surface area (Å²) in [6.07, 6.45) is 4.60. The van der Waals surface area contributed by atoms with Gasteiger partial charge < -0.3 is 4.84 Å². The maximum absolute atomic E-state index is 4.35. The second-order valence-electron chi connectivity index (χ2n) is 0.960. The van der Waals surface area contributed by atoms with Gasteiger partial charge in [-0.05, 0) is 0 Å². The third-order valence-electron chi connectivity index (χ3n) is 0.368. The number of rotatable bonds is 3. The molecule has 0 rings (SSSR count). The van der Waals surface area contributed by atoms with Crippen LogP contribution in [0.15, 0.2) is 38.2 Å². The van der Waals surface area contributed by atoms with Crippen LogP contribution in [0.1, 0.15) is 27.7 Å². The highest BCUT2D eigenvalue weighted by Gasteiger charge is 1.51. The zero-order valence-electron chi connectivity index (χ0n) is 9.76. The van der Waals surface area contributed by atoms with Gasteiger partial charge in [-0.1, -0.05) is 59.6 Å². The SMILES string of the molecule is C=CC=C.C=CONC.CC.CC. The van der Waals surface area contributed by atoms with Crippen molar-refractivity contribution in [3.8, 4) is 0 Å². The second-order valence-corrected chi connectivity index (χ2v) is 0.960. The molecule has 2 heteroatoms. The summed E-state index contributed by atoms with van der Waals surface area (Å²) in [5.74, 6) is 0. The molecular weight excluding hydrogens is 162 g/mol. The quantitative estimate of drug-likeness (QED) is 0.413. The Labute approximate surface area is 84.0 Å². The summed E-state index contributed by atoms with van der Waals surface area (Å²) in [6, 6.07) is 0. The van der Waals surface area contributed by atoms with Crippen molar-refractivity contribution in [3.05, 3.63) is 38.2 Å². The van der Waals surface area contributed by atoms with Gasteiger partial charge in [0.25, 0.3) is 0 Å².